The summed E-state index contributed by atoms with van der Waals surface area (Å²) in [6.07, 6.45) is 50.4. The normalized spacial score (nSPS) is 13.7. The number of phosphoric ester groups is 2. The quantitative estimate of drug-likeness (QED) is 0.0220. The molecular formula is C69H140N2O17P2. The zero-order valence-corrected chi connectivity index (χ0v) is 60.4. The van der Waals surface area contributed by atoms with Crippen LogP contribution in [0.4, 0.5) is 0 Å². The van der Waals surface area contributed by atoms with Crippen LogP contribution in [-0.2, 0) is 65.4 Å². The maximum absolute atomic E-state index is 12.9. The number of carbonyl (C=O) groups is 4. The van der Waals surface area contributed by atoms with E-state index in [4.69, 9.17) is 37.0 Å². The molecule has 0 amide bonds. The average Bonchev–Trinajstić information content (AvgIpc) is 3.65. The first-order valence-corrected chi connectivity index (χ1v) is 39.2. The molecule has 0 aliphatic heterocycles. The molecule has 4 atom stereocenters. The molecule has 0 radical (unpaired) electrons. The topological polar surface area (TPSA) is 316 Å². The lowest BCUT2D eigenvalue weighted by atomic mass is 10.0. The molecular weight excluding hydrogens is 1190 g/mol. The molecule has 0 heterocycles. The highest BCUT2D eigenvalue weighted by Gasteiger charge is 2.25. The van der Waals surface area contributed by atoms with Gasteiger partial charge in [-0.25, -0.2) is 0 Å². The Morgan fingerprint density at radius 3 is 0.678 bits per heavy atom. The van der Waals surface area contributed by atoms with E-state index >= 15 is 0 Å². The fourth-order valence-corrected chi connectivity index (χ4v) is 12.1. The van der Waals surface area contributed by atoms with E-state index in [1.807, 2.05) is 0 Å². The van der Waals surface area contributed by atoms with Crippen LogP contribution in [0.5, 0.6) is 0 Å². The summed E-state index contributed by atoms with van der Waals surface area (Å²) in [4.78, 5) is 77.1. The molecule has 0 aromatic carbocycles. The van der Waals surface area contributed by atoms with Crippen LogP contribution in [0.25, 0.3) is 0 Å². The number of esters is 4. The molecule has 0 bridgehead atoms. The lowest BCUT2D eigenvalue weighted by Crippen LogP contribution is -2.31. The monoisotopic (exact) mass is 1330 g/mol. The Bertz CT molecular complexity index is 1580. The summed E-state index contributed by atoms with van der Waals surface area (Å²) in [5.74, 6) is -2.21. The molecule has 0 aromatic heterocycles. The number of carbonyl (C=O) groups excluding carboxylic acids is 4. The van der Waals surface area contributed by atoms with Crippen molar-refractivity contribution < 1.29 is 80.2 Å². The molecule has 0 rings (SSSR count). The summed E-state index contributed by atoms with van der Waals surface area (Å²) in [5, 5.41) is 10.5. The van der Waals surface area contributed by atoms with Crippen molar-refractivity contribution in [1.82, 2.24) is 12.3 Å². The number of hydrogen-bond acceptors (Lipinski definition) is 17. The molecule has 0 spiro atoms. The fourth-order valence-electron chi connectivity index (χ4n) is 10.5. The third kappa shape index (κ3) is 67.4. The van der Waals surface area contributed by atoms with E-state index in [1.54, 1.807) is 0 Å². The van der Waals surface area contributed by atoms with Crippen LogP contribution in [0.3, 0.4) is 0 Å². The Balaban J connectivity index is -0.0000378. The lowest BCUT2D eigenvalue weighted by Gasteiger charge is -2.28. The van der Waals surface area contributed by atoms with E-state index < -0.39 is 97.5 Å². The predicted molar refractivity (Wildman–Crippen MR) is 361 cm³/mol. The molecule has 0 aliphatic carbocycles. The Morgan fingerprint density at radius 1 is 0.289 bits per heavy atom. The highest BCUT2D eigenvalue weighted by molar-refractivity contribution is 7.46. The van der Waals surface area contributed by atoms with Crippen LogP contribution in [0.1, 0.15) is 362 Å². The summed E-state index contributed by atoms with van der Waals surface area (Å²) in [6, 6.07) is 0. The van der Waals surface area contributed by atoms with Crippen molar-refractivity contribution in [1.29, 1.82) is 0 Å². The molecule has 21 heteroatoms. The van der Waals surface area contributed by atoms with Crippen LogP contribution < -0.4 is 22.1 Å². The van der Waals surface area contributed by atoms with Crippen LogP contribution in [0.15, 0.2) is 0 Å². The molecule has 0 saturated carbocycles. The van der Waals surface area contributed by atoms with E-state index in [2.05, 4.69) is 27.7 Å². The van der Waals surface area contributed by atoms with Gasteiger partial charge in [0, 0.05) is 25.7 Å². The second-order valence-electron chi connectivity index (χ2n) is 24.9. The number of rotatable bonds is 70. The second-order valence-corrected chi connectivity index (χ2v) is 27.7. The summed E-state index contributed by atoms with van der Waals surface area (Å²) < 4.78 is 67.4. The van der Waals surface area contributed by atoms with Gasteiger partial charge in [0.2, 0.25) is 0 Å². The number of aliphatic hydroxyl groups excluding tert-OH is 1. The Morgan fingerprint density at radius 2 is 0.467 bits per heavy atom. The molecule has 0 aliphatic rings. The van der Waals surface area contributed by atoms with Gasteiger partial charge in [0.05, 0.1) is 26.4 Å². The van der Waals surface area contributed by atoms with Crippen molar-refractivity contribution in [2.75, 3.05) is 39.6 Å². The van der Waals surface area contributed by atoms with Gasteiger partial charge in [0.1, 0.15) is 19.3 Å². The number of quaternary nitrogens is 2. The van der Waals surface area contributed by atoms with Gasteiger partial charge in [-0.3, -0.25) is 28.3 Å². The molecule has 538 valence electrons. The highest BCUT2D eigenvalue weighted by Crippen LogP contribution is 2.41. The van der Waals surface area contributed by atoms with Crippen LogP contribution in [0.2, 0.25) is 0 Å². The Hall–Kier alpha value is -2.02. The number of phosphoric acid groups is 2. The van der Waals surface area contributed by atoms with E-state index in [1.165, 1.54) is 193 Å². The first-order valence-electron chi connectivity index (χ1n) is 36.2. The summed E-state index contributed by atoms with van der Waals surface area (Å²) in [5.41, 5.74) is 0. The third-order valence-electron chi connectivity index (χ3n) is 16.1. The molecule has 9 N–H and O–H groups in total. The van der Waals surface area contributed by atoms with Crippen molar-refractivity contribution in [3.63, 3.8) is 0 Å². The molecule has 0 saturated heterocycles. The van der Waals surface area contributed by atoms with Gasteiger partial charge in [-0.15, -0.1) is 0 Å². The molecule has 0 fully saturated rings. The van der Waals surface area contributed by atoms with E-state index in [-0.39, 0.29) is 38.0 Å². The van der Waals surface area contributed by atoms with Crippen molar-refractivity contribution in [3.05, 3.63) is 0 Å². The van der Waals surface area contributed by atoms with Gasteiger partial charge in [-0.2, -0.15) is 0 Å². The molecule has 19 nitrogen and oxygen atoms in total. The van der Waals surface area contributed by atoms with Gasteiger partial charge in [0.25, 0.3) is 15.6 Å². The van der Waals surface area contributed by atoms with Crippen LogP contribution in [0, 0.1) is 0 Å². The zero-order chi connectivity index (χ0) is 64.7. The smallest absolute Gasteiger partial charge is 0.306 e. The van der Waals surface area contributed by atoms with Gasteiger partial charge in [0.15, 0.2) is 12.2 Å². The third-order valence-corrected chi connectivity index (χ3v) is 17.9. The fraction of sp³-hybridized carbons (Fsp3) is 0.942. The number of aliphatic hydroxyl groups is 1. The standard InChI is InChI=1S/C69H134O17P2.2H3N/c1-5-9-13-17-21-25-29-33-37-41-45-49-53-66(71)79-59-64(85-68(73)55-51-47-43-39-35-31-27-23-19-15-11-7-3)61-83-87(75,76)81-57-63(70)58-82-88(77,78)84-62-65(86-69(74)56-52-48-44-40-36-32-28-24-20-16-12-8-4)60-80-67(72)54-50-46-42-38-34-30-26-22-18-14-10-6-2;;/h63-65,70H,5-62H2,1-4H3,(H,75,76)(H,77,78);2*1H3. The predicted octanol–water partition coefficient (Wildman–Crippen LogP) is 19.4. The van der Waals surface area contributed by atoms with E-state index in [9.17, 15) is 43.2 Å². The zero-order valence-electron chi connectivity index (χ0n) is 58.6. The maximum Gasteiger partial charge on any atom is 0.306 e. The number of unbranched alkanes of at least 4 members (excludes halogenated alkanes) is 44. The molecule has 90 heavy (non-hydrogen) atoms. The SMILES string of the molecule is CCCCCCCCCCCCCCC(=O)OCC(COP(=O)([O-])OCC(O)COP(=O)([O-])OCC(COC(=O)CCCCCCCCCCCCCC)OC(=O)CCCCCCCCCCCCCC)OC(=O)CCCCCCCCCCCCCC.[NH4+].[NH4+]. The Labute approximate surface area is 549 Å². The lowest BCUT2D eigenvalue weighted by molar-refractivity contribution is -0.233. The second kappa shape index (κ2) is 68.4. The Kier molecular flexibility index (Phi) is 70.0. The summed E-state index contributed by atoms with van der Waals surface area (Å²) >= 11 is 0. The molecule has 0 aromatic rings. The van der Waals surface area contributed by atoms with Gasteiger partial charge >= 0.3 is 23.9 Å². The van der Waals surface area contributed by atoms with E-state index in [0.29, 0.717) is 25.7 Å². The number of hydrogen-bond donors (Lipinski definition) is 3. The maximum atomic E-state index is 12.9. The number of ether oxygens (including phenoxy) is 4. The van der Waals surface area contributed by atoms with Crippen molar-refractivity contribution in [2.45, 2.75) is 380 Å². The van der Waals surface area contributed by atoms with Crippen molar-refractivity contribution in [3.8, 4) is 0 Å². The van der Waals surface area contributed by atoms with Crippen LogP contribution >= 0.6 is 15.6 Å². The average molecular weight is 1330 g/mol. The van der Waals surface area contributed by atoms with Crippen molar-refractivity contribution in [2.24, 2.45) is 0 Å². The summed E-state index contributed by atoms with van der Waals surface area (Å²) in [6.45, 7) is 4.53. The minimum atomic E-state index is -5.21. The first kappa shape index (κ1) is 92.2. The van der Waals surface area contributed by atoms with Gasteiger partial charge in [-0.05, 0) is 25.7 Å². The molecule has 4 unspecified atom stereocenters. The summed E-state index contributed by atoms with van der Waals surface area (Å²) in [7, 11) is -10.4. The highest BCUT2D eigenvalue weighted by atomic mass is 31.2. The van der Waals surface area contributed by atoms with Gasteiger partial charge < -0.3 is 64.2 Å². The van der Waals surface area contributed by atoms with Crippen molar-refractivity contribution >= 4 is 39.5 Å². The first-order chi connectivity index (χ1) is 42.7. The van der Waals surface area contributed by atoms with E-state index in [0.717, 1.165) is 89.9 Å². The van der Waals surface area contributed by atoms with Gasteiger partial charge in [-0.1, -0.05) is 310 Å². The minimum Gasteiger partial charge on any atom is -0.756 e. The minimum absolute atomic E-state index is 0. The largest absolute Gasteiger partial charge is 0.756 e. The van der Waals surface area contributed by atoms with Crippen LogP contribution in [-0.4, -0.2) is 86.9 Å².